The molecule has 0 amide bonds. The van der Waals surface area contributed by atoms with Gasteiger partial charge >= 0.3 is 0 Å². The van der Waals surface area contributed by atoms with E-state index in [9.17, 15) is 18.6 Å². The number of methoxy groups -OCH3 is 1. The summed E-state index contributed by atoms with van der Waals surface area (Å²) >= 11 is 11.0. The monoisotopic (exact) mass is 288 g/mol. The Morgan fingerprint density at radius 2 is 1.56 bits per heavy atom. The largest absolute Gasteiger partial charge is 0.503 e. The van der Waals surface area contributed by atoms with Crippen LogP contribution < -0.4 is 4.74 Å². The van der Waals surface area contributed by atoms with Crippen LogP contribution in [0.15, 0.2) is 4.90 Å². The van der Waals surface area contributed by atoms with E-state index in [0.717, 1.165) is 7.11 Å². The lowest BCUT2D eigenvalue weighted by atomic mass is 10.3. The highest BCUT2D eigenvalue weighted by Crippen LogP contribution is 2.49. The fourth-order valence-electron chi connectivity index (χ4n) is 1.04. The summed E-state index contributed by atoms with van der Waals surface area (Å²) in [6.45, 7) is 0. The van der Waals surface area contributed by atoms with Crippen LogP contribution >= 0.6 is 23.2 Å². The molecule has 6 nitrogen and oxygen atoms in total. The van der Waals surface area contributed by atoms with Gasteiger partial charge in [-0.1, -0.05) is 23.2 Å². The fraction of sp³-hybridized carbons (Fsp3) is 0.143. The van der Waals surface area contributed by atoms with E-state index in [1.807, 2.05) is 0 Å². The minimum atomic E-state index is -4.75. The fourth-order valence-corrected chi connectivity index (χ4v) is 2.56. The number of ether oxygens (including phenoxy) is 1. The number of aromatic hydroxyl groups is 2. The minimum absolute atomic E-state index is 0.551. The summed E-state index contributed by atoms with van der Waals surface area (Å²) in [5.41, 5.74) is 0. The second-order valence-corrected chi connectivity index (χ2v) is 4.78. The normalized spacial score (nSPS) is 11.5. The zero-order valence-corrected chi connectivity index (χ0v) is 10.1. The molecule has 9 heteroatoms. The summed E-state index contributed by atoms with van der Waals surface area (Å²) in [5, 5.41) is 17.2. The molecule has 90 valence electrons. The van der Waals surface area contributed by atoms with Gasteiger partial charge in [0.2, 0.25) is 0 Å². The van der Waals surface area contributed by atoms with E-state index >= 15 is 0 Å². The first-order chi connectivity index (χ1) is 7.21. The zero-order valence-electron chi connectivity index (χ0n) is 7.73. The smallest absolute Gasteiger partial charge is 0.299 e. The van der Waals surface area contributed by atoms with Gasteiger partial charge in [0.15, 0.2) is 22.1 Å². The number of hydrogen-bond donors (Lipinski definition) is 3. The molecule has 3 N–H and O–H groups in total. The molecule has 0 saturated carbocycles. The van der Waals surface area contributed by atoms with Crippen molar-refractivity contribution in [1.29, 1.82) is 0 Å². The third kappa shape index (κ3) is 1.99. The van der Waals surface area contributed by atoms with Crippen LogP contribution in [0.2, 0.25) is 10.0 Å². The topological polar surface area (TPSA) is 104 Å². The Morgan fingerprint density at radius 3 is 1.94 bits per heavy atom. The van der Waals surface area contributed by atoms with E-state index in [1.165, 1.54) is 0 Å². The lowest BCUT2D eigenvalue weighted by molar-refractivity contribution is 0.374. The number of benzene rings is 1. The Bertz CT molecular complexity index is 539. The number of hydrogen-bond acceptors (Lipinski definition) is 5. The highest BCUT2D eigenvalue weighted by molar-refractivity contribution is 7.86. The van der Waals surface area contributed by atoms with E-state index in [1.54, 1.807) is 0 Å². The first-order valence-corrected chi connectivity index (χ1v) is 5.85. The van der Waals surface area contributed by atoms with Gasteiger partial charge in [-0.05, 0) is 0 Å². The third-order valence-electron chi connectivity index (χ3n) is 1.71. The van der Waals surface area contributed by atoms with Gasteiger partial charge < -0.3 is 14.9 Å². The van der Waals surface area contributed by atoms with Crippen molar-refractivity contribution >= 4 is 33.3 Å². The van der Waals surface area contributed by atoms with Crippen molar-refractivity contribution in [2.24, 2.45) is 0 Å². The van der Waals surface area contributed by atoms with Crippen LogP contribution in [-0.2, 0) is 10.1 Å². The zero-order chi connectivity index (χ0) is 12.7. The minimum Gasteiger partial charge on any atom is -0.503 e. The van der Waals surface area contributed by atoms with Crippen molar-refractivity contribution < 1.29 is 27.9 Å². The Labute approximate surface area is 101 Å². The number of phenols is 2. The molecule has 0 radical (unpaired) electrons. The van der Waals surface area contributed by atoms with E-state index in [4.69, 9.17) is 27.8 Å². The Hall–Kier alpha value is -0.890. The summed E-state index contributed by atoms with van der Waals surface area (Å²) in [7, 11) is -3.69. The Kier molecular flexibility index (Phi) is 3.44. The maximum atomic E-state index is 11.0. The first-order valence-electron chi connectivity index (χ1n) is 3.66. The number of phenolic OH excluding ortho intramolecular Hbond substituents is 2. The maximum Gasteiger partial charge on any atom is 0.299 e. The van der Waals surface area contributed by atoms with Gasteiger partial charge in [0.05, 0.1) is 7.11 Å². The van der Waals surface area contributed by atoms with Crippen molar-refractivity contribution in [3.05, 3.63) is 10.0 Å². The predicted molar refractivity (Wildman–Crippen MR) is 56.2 cm³/mol. The molecule has 0 bridgehead atoms. The van der Waals surface area contributed by atoms with Crippen LogP contribution in [0.5, 0.6) is 17.2 Å². The van der Waals surface area contributed by atoms with E-state index in [0.29, 0.717) is 0 Å². The van der Waals surface area contributed by atoms with Gasteiger partial charge in [0, 0.05) is 0 Å². The molecule has 0 aliphatic heterocycles. The van der Waals surface area contributed by atoms with Gasteiger partial charge in [-0.3, -0.25) is 4.55 Å². The van der Waals surface area contributed by atoms with Crippen LogP contribution in [0.25, 0.3) is 0 Å². The molecule has 0 heterocycles. The van der Waals surface area contributed by atoms with Crippen molar-refractivity contribution in [3.63, 3.8) is 0 Å². The molecule has 1 aromatic rings. The molecule has 1 aromatic carbocycles. The molecule has 1 rings (SSSR count). The van der Waals surface area contributed by atoms with Gasteiger partial charge in [0.25, 0.3) is 10.1 Å². The van der Waals surface area contributed by atoms with Crippen LogP contribution in [-0.4, -0.2) is 30.3 Å². The summed E-state index contributed by atoms with van der Waals surface area (Å²) in [4.78, 5) is -0.906. The molecule has 0 spiro atoms. The van der Waals surface area contributed by atoms with Gasteiger partial charge in [-0.25, -0.2) is 0 Å². The quantitative estimate of drug-likeness (QED) is 0.565. The molecule has 0 atom stereocenters. The molecule has 0 unspecified atom stereocenters. The number of rotatable bonds is 2. The molecule has 16 heavy (non-hydrogen) atoms. The summed E-state index contributed by atoms with van der Waals surface area (Å²) in [5.74, 6) is -2.35. The lowest BCUT2D eigenvalue weighted by Crippen LogP contribution is -2.03. The second-order valence-electron chi connectivity index (χ2n) is 2.66. The van der Waals surface area contributed by atoms with E-state index in [2.05, 4.69) is 4.74 Å². The maximum absolute atomic E-state index is 11.0. The number of halogens is 2. The highest BCUT2D eigenvalue weighted by Gasteiger charge is 2.29. The molecule has 0 aliphatic rings. The highest BCUT2D eigenvalue weighted by atomic mass is 35.5. The average molecular weight is 289 g/mol. The van der Waals surface area contributed by atoms with Crippen LogP contribution in [0.3, 0.4) is 0 Å². The van der Waals surface area contributed by atoms with Crippen LogP contribution in [0.4, 0.5) is 0 Å². The van der Waals surface area contributed by atoms with Crippen molar-refractivity contribution in [1.82, 2.24) is 0 Å². The molecular weight excluding hydrogens is 283 g/mol. The van der Waals surface area contributed by atoms with E-state index in [-0.39, 0.29) is 0 Å². The molecule has 0 aromatic heterocycles. The standard InChI is InChI=1S/C7H6Cl2O6S/c1-15-6-2(8)4(10)5(11)3(9)7(6)16(12,13)14/h10-11H,1H3,(H,12,13,14). The van der Waals surface area contributed by atoms with E-state index < -0.39 is 42.3 Å². The molecule has 0 fully saturated rings. The first kappa shape index (κ1) is 13.2. The van der Waals surface area contributed by atoms with Gasteiger partial charge in [-0.15, -0.1) is 0 Å². The Balaban J connectivity index is 3.87. The van der Waals surface area contributed by atoms with Gasteiger partial charge in [0.1, 0.15) is 10.0 Å². The van der Waals surface area contributed by atoms with Crippen molar-refractivity contribution in [2.75, 3.05) is 7.11 Å². The third-order valence-corrected chi connectivity index (χ3v) is 3.44. The van der Waals surface area contributed by atoms with Crippen LogP contribution in [0, 0.1) is 0 Å². The second kappa shape index (κ2) is 4.17. The van der Waals surface area contributed by atoms with Gasteiger partial charge in [-0.2, -0.15) is 8.42 Å². The summed E-state index contributed by atoms with van der Waals surface area (Å²) in [6, 6.07) is 0. The predicted octanol–water partition coefficient (Wildman–Crippen LogP) is 1.66. The summed E-state index contributed by atoms with van der Waals surface area (Å²) < 4.78 is 35.4. The molecule has 0 aliphatic carbocycles. The molecule has 0 saturated heterocycles. The SMILES string of the molecule is COc1c(Cl)c(O)c(O)c(Cl)c1S(=O)(=O)O. The lowest BCUT2D eigenvalue weighted by Gasteiger charge is -2.12. The van der Waals surface area contributed by atoms with Crippen LogP contribution in [0.1, 0.15) is 0 Å². The Morgan fingerprint density at radius 1 is 1.12 bits per heavy atom. The summed E-state index contributed by atoms with van der Waals surface area (Å²) in [6.07, 6.45) is 0. The average Bonchev–Trinajstić information content (AvgIpc) is 2.18. The molecular formula is C7H6Cl2O6S. The van der Waals surface area contributed by atoms with Crippen molar-refractivity contribution in [3.8, 4) is 17.2 Å². The van der Waals surface area contributed by atoms with Crippen molar-refractivity contribution in [2.45, 2.75) is 4.90 Å².